The van der Waals surface area contributed by atoms with E-state index in [0.717, 1.165) is 24.0 Å². The number of rotatable bonds is 8. The molecule has 2 N–H and O–H groups in total. The molecule has 27 heavy (non-hydrogen) atoms. The van der Waals surface area contributed by atoms with Crippen molar-refractivity contribution in [2.24, 2.45) is 0 Å². The Labute approximate surface area is 158 Å². The van der Waals surface area contributed by atoms with E-state index in [1.54, 1.807) is 19.1 Å². The standard InChI is InChI=1S/C21H23N3O3/c1-15-23-24-21(27-15)19(17-7-3-2-4-8-17)14-20(26)22-13-5-6-16-9-11-18(25)12-10-16/h2-4,7-12,19,25H,5-6,13-14H2,1H3,(H,22,26). The number of carbonyl (C=O) groups excluding carboxylic acids is 1. The van der Waals surface area contributed by atoms with E-state index in [-0.39, 0.29) is 24.0 Å². The molecule has 0 saturated carbocycles. The molecule has 1 atom stereocenters. The predicted molar refractivity (Wildman–Crippen MR) is 101 cm³/mol. The summed E-state index contributed by atoms with van der Waals surface area (Å²) in [5.74, 6) is 0.892. The number of aromatic nitrogens is 2. The van der Waals surface area contributed by atoms with Gasteiger partial charge in [0.2, 0.25) is 17.7 Å². The number of aryl methyl sites for hydroxylation is 2. The second-order valence-electron chi connectivity index (χ2n) is 6.45. The van der Waals surface area contributed by atoms with E-state index in [1.807, 2.05) is 42.5 Å². The Morgan fingerprint density at radius 1 is 1.11 bits per heavy atom. The highest BCUT2D eigenvalue weighted by Crippen LogP contribution is 2.26. The molecule has 0 aliphatic rings. The summed E-state index contributed by atoms with van der Waals surface area (Å²) >= 11 is 0. The zero-order valence-electron chi connectivity index (χ0n) is 15.3. The third-order valence-corrected chi connectivity index (χ3v) is 4.33. The third-order valence-electron chi connectivity index (χ3n) is 4.33. The largest absolute Gasteiger partial charge is 0.508 e. The maximum atomic E-state index is 12.4. The lowest BCUT2D eigenvalue weighted by Crippen LogP contribution is -2.26. The monoisotopic (exact) mass is 365 g/mol. The molecule has 140 valence electrons. The van der Waals surface area contributed by atoms with Gasteiger partial charge in [-0.25, -0.2) is 0 Å². The fourth-order valence-electron chi connectivity index (χ4n) is 2.93. The number of benzene rings is 2. The molecule has 6 nitrogen and oxygen atoms in total. The lowest BCUT2D eigenvalue weighted by Gasteiger charge is -2.13. The molecule has 0 aliphatic carbocycles. The van der Waals surface area contributed by atoms with Crippen LogP contribution in [0.1, 0.15) is 41.7 Å². The van der Waals surface area contributed by atoms with Crippen molar-refractivity contribution in [3.8, 4) is 5.75 Å². The average molecular weight is 365 g/mol. The number of nitrogens with zero attached hydrogens (tertiary/aromatic N) is 2. The van der Waals surface area contributed by atoms with Crippen molar-refractivity contribution in [1.82, 2.24) is 15.5 Å². The zero-order valence-corrected chi connectivity index (χ0v) is 15.3. The molecular formula is C21H23N3O3. The first-order chi connectivity index (χ1) is 13.1. The van der Waals surface area contributed by atoms with Gasteiger partial charge in [0.1, 0.15) is 5.75 Å². The van der Waals surface area contributed by atoms with E-state index in [2.05, 4.69) is 15.5 Å². The number of phenolic OH excluding ortho intramolecular Hbond substituents is 1. The van der Waals surface area contributed by atoms with E-state index in [9.17, 15) is 9.90 Å². The van der Waals surface area contributed by atoms with Gasteiger partial charge >= 0.3 is 0 Å². The fraction of sp³-hybridized carbons (Fsp3) is 0.286. The Balaban J connectivity index is 1.54. The summed E-state index contributed by atoms with van der Waals surface area (Å²) in [6.45, 7) is 2.33. The summed E-state index contributed by atoms with van der Waals surface area (Å²) in [4.78, 5) is 12.4. The summed E-state index contributed by atoms with van der Waals surface area (Å²) in [6.07, 6.45) is 1.92. The molecule has 0 spiro atoms. The van der Waals surface area contributed by atoms with Crippen LogP contribution in [0, 0.1) is 6.92 Å². The van der Waals surface area contributed by atoms with Gasteiger partial charge in [-0.2, -0.15) is 0 Å². The highest BCUT2D eigenvalue weighted by atomic mass is 16.4. The average Bonchev–Trinajstić information content (AvgIpc) is 3.11. The number of hydrogen-bond donors (Lipinski definition) is 2. The third kappa shape index (κ3) is 5.41. The zero-order chi connectivity index (χ0) is 19.1. The van der Waals surface area contributed by atoms with Crippen molar-refractivity contribution in [1.29, 1.82) is 0 Å². The molecule has 0 saturated heterocycles. The summed E-state index contributed by atoms with van der Waals surface area (Å²) < 4.78 is 5.57. The molecule has 2 aromatic carbocycles. The van der Waals surface area contributed by atoms with Crippen molar-refractivity contribution in [2.45, 2.75) is 32.1 Å². The van der Waals surface area contributed by atoms with E-state index in [4.69, 9.17) is 4.42 Å². The Morgan fingerprint density at radius 3 is 2.52 bits per heavy atom. The molecule has 3 rings (SSSR count). The van der Waals surface area contributed by atoms with Gasteiger partial charge in [0.05, 0.1) is 5.92 Å². The number of aromatic hydroxyl groups is 1. The highest BCUT2D eigenvalue weighted by molar-refractivity contribution is 5.77. The Kier molecular flexibility index (Phi) is 6.20. The molecule has 0 radical (unpaired) electrons. The Morgan fingerprint density at radius 2 is 1.85 bits per heavy atom. The van der Waals surface area contributed by atoms with E-state index in [0.29, 0.717) is 18.3 Å². The van der Waals surface area contributed by atoms with Crippen molar-refractivity contribution in [2.75, 3.05) is 6.54 Å². The molecule has 1 unspecified atom stereocenters. The van der Waals surface area contributed by atoms with Crippen LogP contribution in [0.4, 0.5) is 0 Å². The molecular weight excluding hydrogens is 342 g/mol. The highest BCUT2D eigenvalue weighted by Gasteiger charge is 2.23. The number of hydrogen-bond acceptors (Lipinski definition) is 5. The normalized spacial score (nSPS) is 11.9. The number of amides is 1. The predicted octanol–water partition coefficient (Wildman–Crippen LogP) is 3.35. The maximum Gasteiger partial charge on any atom is 0.224 e. The SMILES string of the molecule is Cc1nnc(C(CC(=O)NCCCc2ccc(O)cc2)c2ccccc2)o1. The van der Waals surface area contributed by atoms with Crippen LogP contribution in [0.25, 0.3) is 0 Å². The van der Waals surface area contributed by atoms with Gasteiger partial charge < -0.3 is 14.8 Å². The van der Waals surface area contributed by atoms with Gasteiger partial charge in [0, 0.05) is 19.9 Å². The molecule has 1 aromatic heterocycles. The van der Waals surface area contributed by atoms with Crippen LogP contribution in [0.3, 0.4) is 0 Å². The minimum atomic E-state index is -0.260. The van der Waals surface area contributed by atoms with Gasteiger partial charge in [-0.1, -0.05) is 42.5 Å². The van der Waals surface area contributed by atoms with Crippen LogP contribution in [0.5, 0.6) is 5.75 Å². The second-order valence-corrected chi connectivity index (χ2v) is 6.45. The summed E-state index contributed by atoms with van der Waals surface area (Å²) in [6, 6.07) is 16.8. The van der Waals surface area contributed by atoms with Crippen molar-refractivity contribution >= 4 is 5.91 Å². The number of carbonyl (C=O) groups is 1. The molecule has 0 aliphatic heterocycles. The van der Waals surface area contributed by atoms with E-state index >= 15 is 0 Å². The second kappa shape index (κ2) is 8.98. The lowest BCUT2D eigenvalue weighted by molar-refractivity contribution is -0.121. The van der Waals surface area contributed by atoms with E-state index in [1.165, 1.54) is 0 Å². The number of phenols is 1. The van der Waals surface area contributed by atoms with Crippen LogP contribution in [-0.2, 0) is 11.2 Å². The first-order valence-corrected chi connectivity index (χ1v) is 9.01. The summed E-state index contributed by atoms with van der Waals surface area (Å²) in [5.41, 5.74) is 2.10. The summed E-state index contributed by atoms with van der Waals surface area (Å²) in [7, 11) is 0. The maximum absolute atomic E-state index is 12.4. The van der Waals surface area contributed by atoms with Gasteiger partial charge in [0.15, 0.2) is 0 Å². The van der Waals surface area contributed by atoms with Gasteiger partial charge in [-0.3, -0.25) is 4.79 Å². The van der Waals surface area contributed by atoms with Crippen LogP contribution in [0.15, 0.2) is 59.0 Å². The lowest BCUT2D eigenvalue weighted by atomic mass is 9.95. The van der Waals surface area contributed by atoms with Gasteiger partial charge in [-0.05, 0) is 36.1 Å². The van der Waals surface area contributed by atoms with E-state index < -0.39 is 0 Å². The Bertz CT molecular complexity index is 860. The Hall–Kier alpha value is -3.15. The molecule has 0 fully saturated rings. The van der Waals surface area contributed by atoms with Crippen LogP contribution < -0.4 is 5.32 Å². The minimum Gasteiger partial charge on any atom is -0.508 e. The molecule has 1 amide bonds. The topological polar surface area (TPSA) is 88.2 Å². The van der Waals surface area contributed by atoms with Crippen molar-refractivity contribution < 1.29 is 14.3 Å². The molecule has 1 heterocycles. The van der Waals surface area contributed by atoms with Gasteiger partial charge in [0.25, 0.3) is 0 Å². The fourth-order valence-corrected chi connectivity index (χ4v) is 2.93. The molecule has 3 aromatic rings. The first kappa shape index (κ1) is 18.6. The molecule has 0 bridgehead atoms. The smallest absolute Gasteiger partial charge is 0.224 e. The quantitative estimate of drug-likeness (QED) is 0.598. The summed E-state index contributed by atoms with van der Waals surface area (Å²) in [5, 5.41) is 20.3. The van der Waals surface area contributed by atoms with Crippen LogP contribution in [0.2, 0.25) is 0 Å². The van der Waals surface area contributed by atoms with Crippen molar-refractivity contribution in [3.63, 3.8) is 0 Å². The minimum absolute atomic E-state index is 0.0505. The first-order valence-electron chi connectivity index (χ1n) is 9.01. The van der Waals surface area contributed by atoms with Crippen LogP contribution >= 0.6 is 0 Å². The van der Waals surface area contributed by atoms with Crippen molar-refractivity contribution in [3.05, 3.63) is 77.5 Å². The number of nitrogens with one attached hydrogen (secondary N) is 1. The van der Waals surface area contributed by atoms with Crippen LogP contribution in [-0.4, -0.2) is 27.8 Å². The van der Waals surface area contributed by atoms with Gasteiger partial charge in [-0.15, -0.1) is 10.2 Å². The molecule has 6 heteroatoms.